The molecule has 1 unspecified atom stereocenters. The lowest BCUT2D eigenvalue weighted by Crippen LogP contribution is -2.22. The van der Waals surface area contributed by atoms with Crippen LogP contribution in [0, 0.1) is 0 Å². The quantitative estimate of drug-likeness (QED) is 0.809. The maximum Gasteiger partial charge on any atom is 0.124 e. The summed E-state index contributed by atoms with van der Waals surface area (Å²) in [5.41, 5.74) is 3.26. The minimum absolute atomic E-state index is 0.00346. The molecule has 1 aromatic carbocycles. The summed E-state index contributed by atoms with van der Waals surface area (Å²) in [6.07, 6.45) is 4.60. The van der Waals surface area contributed by atoms with Gasteiger partial charge in [0.2, 0.25) is 0 Å². The van der Waals surface area contributed by atoms with E-state index >= 15 is 0 Å². The van der Waals surface area contributed by atoms with Crippen LogP contribution in [0.5, 0.6) is 5.75 Å². The van der Waals surface area contributed by atoms with Crippen LogP contribution in [0.1, 0.15) is 43.0 Å². The third kappa shape index (κ3) is 4.78. The molecular formula is C19H26N2O2. The van der Waals surface area contributed by atoms with Crippen LogP contribution in [-0.4, -0.2) is 28.6 Å². The Bertz CT molecular complexity index is 602. The molecule has 2 aromatic rings. The predicted octanol–water partition coefficient (Wildman–Crippen LogP) is 3.56. The maximum atomic E-state index is 9.56. The van der Waals surface area contributed by atoms with Crippen LogP contribution >= 0.6 is 0 Å². The summed E-state index contributed by atoms with van der Waals surface area (Å²) in [5.74, 6) is 0.780. The number of aliphatic hydroxyl groups excluding tert-OH is 1. The van der Waals surface area contributed by atoms with Crippen molar-refractivity contribution in [3.63, 3.8) is 0 Å². The Morgan fingerprint density at radius 3 is 2.61 bits per heavy atom. The van der Waals surface area contributed by atoms with Crippen molar-refractivity contribution in [1.82, 2.24) is 9.88 Å². The van der Waals surface area contributed by atoms with Crippen molar-refractivity contribution in [2.24, 2.45) is 0 Å². The second-order valence-corrected chi connectivity index (χ2v) is 5.82. The standard InChI is InChI=1S/C19H26N2O2/c1-4-11-23-19-6-5-16(12-18(19)14-22)13-21(3)15(2)17-7-9-20-10-8-17/h5-10,12,15,22H,4,11,13-14H2,1-3H3. The van der Waals surface area contributed by atoms with Crippen molar-refractivity contribution in [3.8, 4) is 5.75 Å². The van der Waals surface area contributed by atoms with Crippen molar-refractivity contribution in [1.29, 1.82) is 0 Å². The Hall–Kier alpha value is -1.91. The predicted molar refractivity (Wildman–Crippen MR) is 92.3 cm³/mol. The van der Waals surface area contributed by atoms with Gasteiger partial charge in [0.05, 0.1) is 13.2 Å². The van der Waals surface area contributed by atoms with E-state index in [-0.39, 0.29) is 6.61 Å². The Labute approximate surface area is 138 Å². The summed E-state index contributed by atoms with van der Waals surface area (Å²) in [6, 6.07) is 10.4. The largest absolute Gasteiger partial charge is 0.493 e. The third-order valence-electron chi connectivity index (χ3n) is 4.04. The molecule has 4 nitrogen and oxygen atoms in total. The highest BCUT2D eigenvalue weighted by Crippen LogP contribution is 2.24. The van der Waals surface area contributed by atoms with Gasteiger partial charge in [-0.25, -0.2) is 0 Å². The summed E-state index contributed by atoms with van der Waals surface area (Å²) >= 11 is 0. The monoisotopic (exact) mass is 314 g/mol. The molecular weight excluding hydrogens is 288 g/mol. The molecule has 0 fully saturated rings. The van der Waals surface area contributed by atoms with E-state index in [1.165, 1.54) is 11.1 Å². The zero-order chi connectivity index (χ0) is 16.7. The third-order valence-corrected chi connectivity index (χ3v) is 4.04. The first-order valence-electron chi connectivity index (χ1n) is 8.11. The second kappa shape index (κ2) is 8.65. The normalized spacial score (nSPS) is 12.4. The van der Waals surface area contributed by atoms with E-state index in [4.69, 9.17) is 4.74 Å². The van der Waals surface area contributed by atoms with Gasteiger partial charge in [-0.3, -0.25) is 9.88 Å². The zero-order valence-corrected chi connectivity index (χ0v) is 14.2. The molecule has 0 spiro atoms. The van der Waals surface area contributed by atoms with Crippen LogP contribution in [0.15, 0.2) is 42.7 Å². The molecule has 2 rings (SSSR count). The molecule has 0 saturated heterocycles. The minimum Gasteiger partial charge on any atom is -0.493 e. The molecule has 1 atom stereocenters. The van der Waals surface area contributed by atoms with Crippen LogP contribution in [0.25, 0.3) is 0 Å². The van der Waals surface area contributed by atoms with Gasteiger partial charge < -0.3 is 9.84 Å². The van der Waals surface area contributed by atoms with Crippen LogP contribution in [0.3, 0.4) is 0 Å². The molecule has 23 heavy (non-hydrogen) atoms. The second-order valence-electron chi connectivity index (χ2n) is 5.82. The molecule has 1 aromatic heterocycles. The number of aliphatic hydroxyl groups is 1. The molecule has 1 N–H and O–H groups in total. The lowest BCUT2D eigenvalue weighted by atomic mass is 10.1. The Morgan fingerprint density at radius 2 is 1.96 bits per heavy atom. The molecule has 0 aliphatic heterocycles. The summed E-state index contributed by atoms with van der Waals surface area (Å²) in [4.78, 5) is 6.34. The molecule has 0 radical (unpaired) electrons. The van der Waals surface area contributed by atoms with Gasteiger partial charge in [0.25, 0.3) is 0 Å². The average Bonchev–Trinajstić information content (AvgIpc) is 2.60. The minimum atomic E-state index is -0.00346. The summed E-state index contributed by atoms with van der Waals surface area (Å²) < 4.78 is 5.67. The molecule has 0 bridgehead atoms. The lowest BCUT2D eigenvalue weighted by Gasteiger charge is -2.25. The molecule has 1 heterocycles. The molecule has 0 aliphatic carbocycles. The van der Waals surface area contributed by atoms with Gasteiger partial charge in [0.15, 0.2) is 0 Å². The maximum absolute atomic E-state index is 9.56. The zero-order valence-electron chi connectivity index (χ0n) is 14.2. The summed E-state index contributed by atoms with van der Waals surface area (Å²) in [5, 5.41) is 9.56. The van der Waals surface area contributed by atoms with Crippen molar-refractivity contribution in [2.45, 2.75) is 39.5 Å². The SMILES string of the molecule is CCCOc1ccc(CN(C)C(C)c2ccncc2)cc1CO. The van der Waals surface area contributed by atoms with Crippen molar-refractivity contribution in [3.05, 3.63) is 59.4 Å². The number of ether oxygens (including phenoxy) is 1. The first-order valence-corrected chi connectivity index (χ1v) is 8.11. The van der Waals surface area contributed by atoms with E-state index in [2.05, 4.69) is 36.8 Å². The molecule has 0 aliphatic rings. The van der Waals surface area contributed by atoms with Gasteiger partial charge in [-0.05, 0) is 55.8 Å². The van der Waals surface area contributed by atoms with Crippen LogP contribution in [-0.2, 0) is 13.2 Å². The van der Waals surface area contributed by atoms with Crippen LogP contribution in [0.2, 0.25) is 0 Å². The Kier molecular flexibility index (Phi) is 6.56. The van der Waals surface area contributed by atoms with Gasteiger partial charge in [0, 0.05) is 30.5 Å². The van der Waals surface area contributed by atoms with Gasteiger partial charge in [-0.2, -0.15) is 0 Å². The Morgan fingerprint density at radius 1 is 1.22 bits per heavy atom. The van der Waals surface area contributed by atoms with Gasteiger partial charge in [0.1, 0.15) is 5.75 Å². The number of hydrogen-bond donors (Lipinski definition) is 1. The number of rotatable bonds is 8. The average molecular weight is 314 g/mol. The van der Waals surface area contributed by atoms with E-state index < -0.39 is 0 Å². The lowest BCUT2D eigenvalue weighted by molar-refractivity contribution is 0.250. The highest BCUT2D eigenvalue weighted by atomic mass is 16.5. The number of nitrogens with zero attached hydrogens (tertiary/aromatic N) is 2. The molecule has 0 amide bonds. The fraction of sp³-hybridized carbons (Fsp3) is 0.421. The topological polar surface area (TPSA) is 45.6 Å². The van der Waals surface area contributed by atoms with Crippen molar-refractivity contribution >= 4 is 0 Å². The summed E-state index contributed by atoms with van der Waals surface area (Å²) in [6.45, 7) is 5.73. The number of hydrogen-bond acceptors (Lipinski definition) is 4. The van der Waals surface area contributed by atoms with Crippen molar-refractivity contribution in [2.75, 3.05) is 13.7 Å². The van der Waals surface area contributed by atoms with E-state index in [9.17, 15) is 5.11 Å². The highest BCUT2D eigenvalue weighted by Gasteiger charge is 2.13. The van der Waals surface area contributed by atoms with Gasteiger partial charge in [-0.1, -0.05) is 13.0 Å². The smallest absolute Gasteiger partial charge is 0.124 e. The van der Waals surface area contributed by atoms with Crippen LogP contribution < -0.4 is 4.74 Å². The van der Waals surface area contributed by atoms with E-state index in [0.717, 1.165) is 24.3 Å². The van der Waals surface area contributed by atoms with Gasteiger partial charge >= 0.3 is 0 Å². The fourth-order valence-electron chi connectivity index (χ4n) is 2.53. The van der Waals surface area contributed by atoms with E-state index in [1.54, 1.807) is 0 Å². The fourth-order valence-corrected chi connectivity index (χ4v) is 2.53. The van der Waals surface area contributed by atoms with Crippen LogP contribution in [0.4, 0.5) is 0 Å². The molecule has 4 heteroatoms. The number of pyridine rings is 1. The first-order chi connectivity index (χ1) is 11.2. The highest BCUT2D eigenvalue weighted by molar-refractivity contribution is 5.37. The molecule has 124 valence electrons. The van der Waals surface area contributed by atoms with E-state index in [0.29, 0.717) is 12.6 Å². The first kappa shape index (κ1) is 17.4. The number of benzene rings is 1. The Balaban J connectivity index is 2.07. The number of aromatic nitrogens is 1. The van der Waals surface area contributed by atoms with Gasteiger partial charge in [-0.15, -0.1) is 0 Å². The molecule has 0 saturated carbocycles. The summed E-state index contributed by atoms with van der Waals surface area (Å²) in [7, 11) is 2.10. The van der Waals surface area contributed by atoms with Crippen molar-refractivity contribution < 1.29 is 9.84 Å². The van der Waals surface area contributed by atoms with E-state index in [1.807, 2.05) is 36.7 Å².